The summed E-state index contributed by atoms with van der Waals surface area (Å²) in [6.45, 7) is 9.11. The van der Waals surface area contributed by atoms with Crippen LogP contribution in [0.15, 0.2) is 36.5 Å². The molecule has 0 bridgehead atoms. The molecular formula is C25H30FN7. The topological polar surface area (TPSA) is 104 Å². The maximum Gasteiger partial charge on any atom is 0.144 e. The Bertz CT molecular complexity index is 1220. The van der Waals surface area contributed by atoms with Crippen LogP contribution in [-0.4, -0.2) is 51.2 Å². The molecule has 0 unspecified atom stereocenters. The van der Waals surface area contributed by atoms with Crippen molar-refractivity contribution in [2.75, 3.05) is 25.0 Å². The summed E-state index contributed by atoms with van der Waals surface area (Å²) in [5.74, 6) is -0.397. The number of nitrogens with one attached hydrogen (secondary N) is 2. The van der Waals surface area contributed by atoms with E-state index in [2.05, 4.69) is 34.0 Å². The second-order valence-electron chi connectivity index (χ2n) is 9.02. The van der Waals surface area contributed by atoms with Crippen molar-refractivity contribution in [2.45, 2.75) is 39.2 Å². The first-order valence-corrected chi connectivity index (χ1v) is 11.2. The van der Waals surface area contributed by atoms with Crippen molar-refractivity contribution in [3.8, 4) is 0 Å². The van der Waals surface area contributed by atoms with Crippen LogP contribution in [0.1, 0.15) is 43.8 Å². The third-order valence-electron chi connectivity index (χ3n) is 6.33. The highest BCUT2D eigenvalue weighted by atomic mass is 19.1. The molecule has 1 aliphatic heterocycles. The molecule has 172 valence electrons. The van der Waals surface area contributed by atoms with Crippen LogP contribution < -0.4 is 11.1 Å². The van der Waals surface area contributed by atoms with Crippen LogP contribution in [0.4, 0.5) is 10.1 Å². The maximum absolute atomic E-state index is 13.6. The number of aromatic nitrogens is 3. The molecule has 7 nitrogen and oxygen atoms in total. The lowest BCUT2D eigenvalue weighted by molar-refractivity contribution is 0.182. The van der Waals surface area contributed by atoms with Gasteiger partial charge in [-0.15, -0.1) is 0 Å². The average molecular weight is 448 g/mol. The van der Waals surface area contributed by atoms with E-state index in [1.54, 1.807) is 13.0 Å². The molecule has 33 heavy (non-hydrogen) atoms. The van der Waals surface area contributed by atoms with Gasteiger partial charge >= 0.3 is 0 Å². The van der Waals surface area contributed by atoms with Crippen molar-refractivity contribution >= 4 is 34.2 Å². The molecular weight excluding hydrogens is 417 g/mol. The van der Waals surface area contributed by atoms with Gasteiger partial charge in [0.25, 0.3) is 0 Å². The Labute approximate surface area is 193 Å². The van der Waals surface area contributed by atoms with Gasteiger partial charge < -0.3 is 16.5 Å². The van der Waals surface area contributed by atoms with E-state index < -0.39 is 5.82 Å². The summed E-state index contributed by atoms with van der Waals surface area (Å²) < 4.78 is 13.6. The van der Waals surface area contributed by atoms with Crippen molar-refractivity contribution < 1.29 is 4.39 Å². The van der Waals surface area contributed by atoms with E-state index in [0.29, 0.717) is 22.5 Å². The second-order valence-corrected chi connectivity index (χ2v) is 9.02. The standard InChI is InChI=1S/C25H30FN7/c1-16-19(26)5-6-22(31-16)24(28)18(14-27)20-7-8-21-23(32-20)13-17(15-30-21)29-10-12-33-11-4-9-25(33,2)3/h5-8,13-15,27,29H,4,9-12,28H2,1-3H3/b24-18+,27-14?. The molecule has 0 amide bonds. The fourth-order valence-electron chi connectivity index (χ4n) is 4.29. The minimum absolute atomic E-state index is 0.253. The number of rotatable bonds is 7. The van der Waals surface area contributed by atoms with Gasteiger partial charge in [0, 0.05) is 30.4 Å². The van der Waals surface area contributed by atoms with Gasteiger partial charge in [0.15, 0.2) is 0 Å². The van der Waals surface area contributed by atoms with Crippen LogP contribution in [0, 0.1) is 18.2 Å². The zero-order chi connectivity index (χ0) is 23.6. The number of halogens is 1. The SMILES string of the molecule is Cc1nc(/C(N)=C(/C=N)c2ccc3ncc(NCCN4CCCC4(C)C)cc3n2)ccc1F. The summed E-state index contributed by atoms with van der Waals surface area (Å²) >= 11 is 0. The Balaban J connectivity index is 1.57. The molecule has 0 atom stereocenters. The first-order chi connectivity index (χ1) is 15.8. The maximum atomic E-state index is 13.6. The number of hydrogen-bond acceptors (Lipinski definition) is 7. The zero-order valence-electron chi connectivity index (χ0n) is 19.3. The smallest absolute Gasteiger partial charge is 0.144 e. The van der Waals surface area contributed by atoms with Gasteiger partial charge in [0.05, 0.1) is 45.7 Å². The lowest BCUT2D eigenvalue weighted by Crippen LogP contribution is -2.40. The summed E-state index contributed by atoms with van der Waals surface area (Å²) in [6, 6.07) is 8.42. The van der Waals surface area contributed by atoms with Gasteiger partial charge in [-0.3, -0.25) is 9.88 Å². The van der Waals surface area contributed by atoms with Gasteiger partial charge in [-0.05, 0) is 70.5 Å². The second kappa shape index (κ2) is 9.23. The molecule has 4 N–H and O–H groups in total. The Kier molecular flexibility index (Phi) is 6.37. The van der Waals surface area contributed by atoms with Gasteiger partial charge in [-0.1, -0.05) is 0 Å². The van der Waals surface area contributed by atoms with E-state index in [4.69, 9.17) is 16.1 Å². The summed E-state index contributed by atoms with van der Waals surface area (Å²) in [5, 5.41) is 11.3. The largest absolute Gasteiger partial charge is 0.396 e. The normalized spacial score (nSPS) is 16.6. The number of hydrogen-bond donors (Lipinski definition) is 3. The number of aryl methyl sites for hydroxylation is 1. The number of anilines is 1. The monoisotopic (exact) mass is 447 g/mol. The van der Waals surface area contributed by atoms with Gasteiger partial charge in [0.1, 0.15) is 5.82 Å². The highest BCUT2D eigenvalue weighted by molar-refractivity contribution is 6.17. The molecule has 4 rings (SSSR count). The Hall–Kier alpha value is -3.39. The fourth-order valence-corrected chi connectivity index (χ4v) is 4.29. The predicted octanol–water partition coefficient (Wildman–Crippen LogP) is 4.24. The lowest BCUT2D eigenvalue weighted by Gasteiger charge is -2.31. The van der Waals surface area contributed by atoms with Crippen molar-refractivity contribution in [3.05, 3.63) is 59.4 Å². The van der Waals surface area contributed by atoms with Gasteiger partial charge in [-0.2, -0.15) is 0 Å². The summed E-state index contributed by atoms with van der Waals surface area (Å²) in [5.41, 5.74) is 10.8. The van der Waals surface area contributed by atoms with Crippen molar-refractivity contribution in [2.24, 2.45) is 5.73 Å². The van der Waals surface area contributed by atoms with E-state index in [9.17, 15) is 4.39 Å². The third-order valence-corrected chi connectivity index (χ3v) is 6.33. The molecule has 3 aromatic rings. The van der Waals surface area contributed by atoms with E-state index >= 15 is 0 Å². The average Bonchev–Trinajstić information content (AvgIpc) is 3.13. The Morgan fingerprint density at radius 2 is 2.00 bits per heavy atom. The zero-order valence-corrected chi connectivity index (χ0v) is 19.3. The quantitative estimate of drug-likeness (QED) is 0.468. The first-order valence-electron chi connectivity index (χ1n) is 11.2. The molecule has 0 saturated carbocycles. The number of pyridine rings is 3. The van der Waals surface area contributed by atoms with Crippen LogP contribution in [-0.2, 0) is 0 Å². The molecule has 0 aliphatic carbocycles. The molecule has 4 heterocycles. The molecule has 1 saturated heterocycles. The number of nitrogens with zero attached hydrogens (tertiary/aromatic N) is 4. The van der Waals surface area contributed by atoms with E-state index in [0.717, 1.165) is 37.1 Å². The van der Waals surface area contributed by atoms with Gasteiger partial charge in [-0.25, -0.2) is 14.4 Å². The molecule has 1 aliphatic rings. The molecule has 0 spiro atoms. The fraction of sp³-hybridized carbons (Fsp3) is 0.360. The summed E-state index contributed by atoms with van der Waals surface area (Å²) in [4.78, 5) is 15.9. The van der Waals surface area contributed by atoms with Crippen molar-refractivity contribution in [1.82, 2.24) is 19.9 Å². The molecule has 3 aromatic heterocycles. The minimum atomic E-state index is -0.397. The van der Waals surface area contributed by atoms with Crippen LogP contribution in [0.25, 0.3) is 22.3 Å². The number of allylic oxidation sites excluding steroid dienone is 1. The van der Waals surface area contributed by atoms with Crippen LogP contribution >= 0.6 is 0 Å². The molecule has 1 fully saturated rings. The Morgan fingerprint density at radius 3 is 2.70 bits per heavy atom. The number of fused-ring (bicyclic) bond motifs is 1. The Morgan fingerprint density at radius 1 is 1.21 bits per heavy atom. The van der Waals surface area contributed by atoms with Gasteiger partial charge in [0.2, 0.25) is 0 Å². The highest BCUT2D eigenvalue weighted by Crippen LogP contribution is 2.27. The van der Waals surface area contributed by atoms with Crippen LogP contribution in [0.5, 0.6) is 0 Å². The third kappa shape index (κ3) is 4.85. The molecule has 8 heteroatoms. The van der Waals surface area contributed by atoms with Crippen molar-refractivity contribution in [1.29, 1.82) is 5.41 Å². The molecule has 0 aromatic carbocycles. The first kappa shape index (κ1) is 22.8. The molecule has 0 radical (unpaired) electrons. The minimum Gasteiger partial charge on any atom is -0.396 e. The summed E-state index contributed by atoms with van der Waals surface area (Å²) in [6.07, 6.45) is 5.44. The van der Waals surface area contributed by atoms with E-state index in [1.807, 2.05) is 18.3 Å². The van der Waals surface area contributed by atoms with E-state index in [1.165, 1.54) is 25.0 Å². The predicted molar refractivity (Wildman–Crippen MR) is 132 cm³/mol. The lowest BCUT2D eigenvalue weighted by atomic mass is 10.0. The number of likely N-dealkylation sites (tertiary alicyclic amines) is 1. The van der Waals surface area contributed by atoms with E-state index in [-0.39, 0.29) is 16.9 Å². The number of nitrogens with two attached hydrogens (primary N) is 1. The van der Waals surface area contributed by atoms with Crippen LogP contribution in [0.3, 0.4) is 0 Å². The van der Waals surface area contributed by atoms with Crippen LogP contribution in [0.2, 0.25) is 0 Å². The van der Waals surface area contributed by atoms with Crippen molar-refractivity contribution in [3.63, 3.8) is 0 Å². The summed E-state index contributed by atoms with van der Waals surface area (Å²) in [7, 11) is 0. The highest BCUT2D eigenvalue weighted by Gasteiger charge is 2.30.